The Balaban J connectivity index is 1.44. The predicted octanol–water partition coefficient (Wildman–Crippen LogP) is 5.88. The third-order valence-electron chi connectivity index (χ3n) is 6.74. The number of nitrogens with two attached hydrogens (primary N) is 1. The molecule has 2 N–H and O–H groups in total. The summed E-state index contributed by atoms with van der Waals surface area (Å²) in [6.45, 7) is 0.604. The molecule has 1 aromatic heterocycles. The summed E-state index contributed by atoms with van der Waals surface area (Å²) in [4.78, 5) is 15.8. The molecule has 3 atom stereocenters. The molecule has 2 saturated carbocycles. The van der Waals surface area contributed by atoms with Gasteiger partial charge >= 0.3 is 0 Å². The average molecular weight is 473 g/mol. The van der Waals surface area contributed by atoms with E-state index in [1.54, 1.807) is 0 Å². The van der Waals surface area contributed by atoms with E-state index in [-0.39, 0.29) is 11.9 Å². The van der Waals surface area contributed by atoms with Gasteiger partial charge < -0.3 is 10.2 Å². The monoisotopic (exact) mass is 472 g/mol. The molecule has 0 radical (unpaired) electrons. The van der Waals surface area contributed by atoms with Crippen LogP contribution in [0.1, 0.15) is 43.4 Å². The molecule has 1 saturated heterocycles. The fourth-order valence-corrected chi connectivity index (χ4v) is 6.69. The lowest BCUT2D eigenvalue weighted by Crippen LogP contribution is -2.41. The highest BCUT2D eigenvalue weighted by Crippen LogP contribution is 2.49. The Hall–Kier alpha value is -1.60. The van der Waals surface area contributed by atoms with Crippen molar-refractivity contribution in [1.29, 1.82) is 0 Å². The van der Waals surface area contributed by atoms with Crippen LogP contribution in [-0.4, -0.2) is 27.7 Å². The van der Waals surface area contributed by atoms with E-state index in [0.717, 1.165) is 42.1 Å². The highest BCUT2D eigenvalue weighted by Gasteiger charge is 2.48. The van der Waals surface area contributed by atoms with Crippen molar-refractivity contribution < 1.29 is 9.21 Å². The summed E-state index contributed by atoms with van der Waals surface area (Å²) >= 11 is 13.1. The molecule has 5 rings (SSSR count). The van der Waals surface area contributed by atoms with Gasteiger partial charge in [0.25, 0.3) is 5.91 Å². The van der Waals surface area contributed by atoms with E-state index in [4.69, 9.17) is 34.0 Å². The van der Waals surface area contributed by atoms with Crippen molar-refractivity contribution in [3.63, 3.8) is 0 Å². The molecule has 2 heterocycles. The van der Waals surface area contributed by atoms with Gasteiger partial charge in [0.15, 0.2) is 0 Å². The molecule has 2 aliphatic carbocycles. The van der Waals surface area contributed by atoms with Gasteiger partial charge in [-0.2, -0.15) is 0 Å². The molecule has 7 heteroatoms. The standard InChI is InChI=1S/C24H25ClN2O2S2/c25-18-7-5-15(6-8-18)20-12-17(2-1-9-26)21(29-20)13-22-23(28)27(24(30)31-22)19-11-14-3-4-16(19)10-14/h5-8,12-14,16,19H,1-4,9-11,26H2/b22-13-. The minimum atomic E-state index is 0.0294. The van der Waals surface area contributed by atoms with Crippen LogP contribution in [0.4, 0.5) is 0 Å². The summed E-state index contributed by atoms with van der Waals surface area (Å²) < 4.78 is 6.89. The van der Waals surface area contributed by atoms with Gasteiger partial charge in [-0.3, -0.25) is 9.69 Å². The summed E-state index contributed by atoms with van der Waals surface area (Å²) in [6.07, 6.45) is 8.38. The summed E-state index contributed by atoms with van der Waals surface area (Å²) in [5.74, 6) is 2.87. The Labute approximate surface area is 197 Å². The van der Waals surface area contributed by atoms with Gasteiger partial charge in [-0.15, -0.1) is 0 Å². The number of carbonyl (C=O) groups excluding carboxylic acids is 1. The van der Waals surface area contributed by atoms with E-state index in [1.807, 2.05) is 41.3 Å². The predicted molar refractivity (Wildman–Crippen MR) is 131 cm³/mol. The first-order chi connectivity index (χ1) is 15.0. The van der Waals surface area contributed by atoms with Crippen LogP contribution in [0, 0.1) is 11.8 Å². The highest BCUT2D eigenvalue weighted by atomic mass is 35.5. The van der Waals surface area contributed by atoms with Crippen molar-refractivity contribution in [1.82, 2.24) is 4.90 Å². The molecule has 2 bridgehead atoms. The number of benzene rings is 1. The highest BCUT2D eigenvalue weighted by molar-refractivity contribution is 8.26. The zero-order valence-corrected chi connectivity index (χ0v) is 19.6. The maximum absolute atomic E-state index is 13.3. The molecule has 0 spiro atoms. The number of thiocarbonyl (C=S) groups is 1. The molecule has 1 aromatic carbocycles. The van der Waals surface area contributed by atoms with E-state index in [0.29, 0.717) is 32.5 Å². The first-order valence-corrected chi connectivity index (χ1v) is 12.5. The number of carbonyl (C=O) groups is 1. The lowest BCUT2D eigenvalue weighted by atomic mass is 9.94. The third kappa shape index (κ3) is 4.11. The molecule has 1 amide bonds. The number of nitrogens with zero attached hydrogens (tertiary/aromatic N) is 1. The summed E-state index contributed by atoms with van der Waals surface area (Å²) in [5.41, 5.74) is 7.75. The molecule has 2 aromatic rings. The number of thioether (sulfide) groups is 1. The lowest BCUT2D eigenvalue weighted by molar-refractivity contribution is -0.124. The Morgan fingerprint density at radius 2 is 2.06 bits per heavy atom. The number of rotatable bonds is 6. The lowest BCUT2D eigenvalue weighted by Gasteiger charge is -2.30. The largest absolute Gasteiger partial charge is 0.456 e. The second-order valence-corrected chi connectivity index (χ2v) is 10.8. The van der Waals surface area contributed by atoms with E-state index in [2.05, 4.69) is 0 Å². The van der Waals surface area contributed by atoms with Crippen LogP contribution in [0.3, 0.4) is 0 Å². The minimum absolute atomic E-state index is 0.0294. The van der Waals surface area contributed by atoms with E-state index in [1.165, 1.54) is 31.0 Å². The number of hydrogen-bond acceptors (Lipinski definition) is 5. The van der Waals surface area contributed by atoms with Crippen molar-refractivity contribution in [2.75, 3.05) is 6.54 Å². The Bertz CT molecular complexity index is 1050. The van der Waals surface area contributed by atoms with Gasteiger partial charge in [0, 0.05) is 22.7 Å². The fraction of sp³-hybridized carbons (Fsp3) is 0.417. The van der Waals surface area contributed by atoms with Crippen LogP contribution in [-0.2, 0) is 11.2 Å². The van der Waals surface area contributed by atoms with Crippen LogP contribution in [0.2, 0.25) is 5.02 Å². The van der Waals surface area contributed by atoms with Crippen LogP contribution in [0.15, 0.2) is 39.7 Å². The number of hydrogen-bond donors (Lipinski definition) is 1. The number of aryl methyl sites for hydroxylation is 1. The van der Waals surface area contributed by atoms with Gasteiger partial charge in [-0.1, -0.05) is 42.0 Å². The molecular formula is C24H25ClN2O2S2. The van der Waals surface area contributed by atoms with Gasteiger partial charge in [-0.05, 0) is 86.4 Å². The van der Waals surface area contributed by atoms with Crippen molar-refractivity contribution in [3.05, 3.63) is 51.6 Å². The smallest absolute Gasteiger partial charge is 0.266 e. The summed E-state index contributed by atoms with van der Waals surface area (Å²) in [7, 11) is 0. The van der Waals surface area contributed by atoms with Crippen LogP contribution < -0.4 is 5.73 Å². The summed E-state index contributed by atoms with van der Waals surface area (Å²) in [5, 5.41) is 0.683. The van der Waals surface area contributed by atoms with Gasteiger partial charge in [0.1, 0.15) is 15.8 Å². The zero-order valence-electron chi connectivity index (χ0n) is 17.2. The molecule has 3 aliphatic rings. The maximum atomic E-state index is 13.3. The first kappa shape index (κ1) is 21.3. The summed E-state index contributed by atoms with van der Waals surface area (Å²) in [6, 6.07) is 9.88. The van der Waals surface area contributed by atoms with Crippen LogP contribution in [0.25, 0.3) is 17.4 Å². The minimum Gasteiger partial charge on any atom is -0.456 e. The second kappa shape index (κ2) is 8.74. The fourth-order valence-electron chi connectivity index (χ4n) is 5.22. The van der Waals surface area contributed by atoms with Crippen molar-refractivity contribution >= 4 is 51.9 Å². The topological polar surface area (TPSA) is 59.5 Å². The number of halogens is 1. The third-order valence-corrected chi connectivity index (χ3v) is 8.32. The number of fused-ring (bicyclic) bond motifs is 2. The van der Waals surface area contributed by atoms with E-state index < -0.39 is 0 Å². The zero-order chi connectivity index (χ0) is 21.5. The van der Waals surface area contributed by atoms with Crippen molar-refractivity contribution in [3.8, 4) is 11.3 Å². The van der Waals surface area contributed by atoms with Crippen molar-refractivity contribution in [2.24, 2.45) is 17.6 Å². The molecule has 1 aliphatic heterocycles. The Kier molecular flexibility index (Phi) is 5.99. The van der Waals surface area contributed by atoms with Gasteiger partial charge in [0.05, 0.1) is 4.91 Å². The number of amides is 1. The molecular weight excluding hydrogens is 448 g/mol. The molecule has 162 valence electrons. The quantitative estimate of drug-likeness (QED) is 0.420. The van der Waals surface area contributed by atoms with Gasteiger partial charge in [0.2, 0.25) is 0 Å². The Morgan fingerprint density at radius 1 is 1.26 bits per heavy atom. The van der Waals surface area contributed by atoms with Crippen LogP contribution >= 0.6 is 35.6 Å². The molecule has 4 nitrogen and oxygen atoms in total. The second-order valence-electron chi connectivity index (χ2n) is 8.69. The van der Waals surface area contributed by atoms with Crippen molar-refractivity contribution in [2.45, 2.75) is 44.6 Å². The average Bonchev–Trinajstić information content (AvgIpc) is 3.52. The van der Waals surface area contributed by atoms with Crippen LogP contribution in [0.5, 0.6) is 0 Å². The SMILES string of the molecule is NCCCc1cc(-c2ccc(Cl)cc2)oc1/C=C1\SC(=S)N(C2CC3CCC2C3)C1=O. The van der Waals surface area contributed by atoms with Gasteiger partial charge in [-0.25, -0.2) is 0 Å². The number of furan rings is 1. The molecule has 31 heavy (non-hydrogen) atoms. The molecule has 3 unspecified atom stereocenters. The molecule has 3 fully saturated rings. The first-order valence-electron chi connectivity index (χ1n) is 10.9. The Morgan fingerprint density at radius 3 is 2.74 bits per heavy atom. The maximum Gasteiger partial charge on any atom is 0.266 e. The normalized spacial score (nSPS) is 26.6. The van der Waals surface area contributed by atoms with E-state index in [9.17, 15) is 4.79 Å². The van der Waals surface area contributed by atoms with E-state index >= 15 is 0 Å².